The standard InChI is InChI=1S/C14H24O5S2/c1-2-4-13(16)11-14(5-3-10-21(17,18)19)20-8-6-12(15)7-9-20/h14H,2-11H2,1H3/p+1. The smallest absolute Gasteiger partial charge is 0.264 e. The average Bonchev–Trinajstić information content (AvgIpc) is 2.37. The summed E-state index contributed by atoms with van der Waals surface area (Å²) in [5, 5.41) is 0.166. The first-order valence-electron chi connectivity index (χ1n) is 7.46. The molecule has 1 atom stereocenters. The molecular formula is C14H25O5S2+. The van der Waals surface area contributed by atoms with E-state index in [1.54, 1.807) is 0 Å². The summed E-state index contributed by atoms with van der Waals surface area (Å²) in [6, 6.07) is 0. The summed E-state index contributed by atoms with van der Waals surface area (Å²) in [7, 11) is -3.91. The predicted octanol–water partition coefficient (Wildman–Crippen LogP) is 1.76. The van der Waals surface area contributed by atoms with Gasteiger partial charge in [-0.25, -0.2) is 0 Å². The van der Waals surface area contributed by atoms with Crippen molar-refractivity contribution in [2.75, 3.05) is 17.3 Å². The third-order valence-electron chi connectivity index (χ3n) is 3.67. The van der Waals surface area contributed by atoms with Gasteiger partial charge in [-0.05, 0) is 30.2 Å². The first-order valence-corrected chi connectivity index (χ1v) is 10.7. The van der Waals surface area contributed by atoms with E-state index >= 15 is 0 Å². The lowest BCUT2D eigenvalue weighted by Gasteiger charge is -2.21. The molecule has 122 valence electrons. The Kier molecular flexibility index (Phi) is 7.90. The van der Waals surface area contributed by atoms with Crippen molar-refractivity contribution in [1.29, 1.82) is 0 Å². The van der Waals surface area contributed by atoms with Crippen molar-refractivity contribution in [2.45, 2.75) is 57.1 Å². The molecule has 0 bridgehead atoms. The number of hydrogen-bond donors (Lipinski definition) is 1. The molecule has 1 fully saturated rings. The van der Waals surface area contributed by atoms with Gasteiger partial charge in [0.05, 0.1) is 25.0 Å². The molecule has 0 aromatic carbocycles. The van der Waals surface area contributed by atoms with Crippen LogP contribution in [0.1, 0.15) is 51.9 Å². The van der Waals surface area contributed by atoms with Crippen molar-refractivity contribution in [3.63, 3.8) is 0 Å². The maximum Gasteiger partial charge on any atom is 0.264 e. The van der Waals surface area contributed by atoms with Gasteiger partial charge >= 0.3 is 0 Å². The fourth-order valence-corrected chi connectivity index (χ4v) is 5.87. The Morgan fingerprint density at radius 2 is 1.95 bits per heavy atom. The van der Waals surface area contributed by atoms with Crippen LogP contribution in [-0.2, 0) is 30.6 Å². The van der Waals surface area contributed by atoms with Crippen LogP contribution in [0, 0.1) is 0 Å². The van der Waals surface area contributed by atoms with Crippen molar-refractivity contribution < 1.29 is 22.6 Å². The molecule has 21 heavy (non-hydrogen) atoms. The van der Waals surface area contributed by atoms with Gasteiger partial charge in [0.1, 0.15) is 28.3 Å². The molecule has 1 saturated heterocycles. The number of ketones is 2. The number of hydrogen-bond acceptors (Lipinski definition) is 4. The quantitative estimate of drug-likeness (QED) is 0.511. The second-order valence-corrected chi connectivity index (χ2v) is 9.66. The normalized spacial score (nSPS) is 18.7. The molecule has 0 amide bonds. The van der Waals surface area contributed by atoms with Crippen LogP contribution in [0.15, 0.2) is 0 Å². The van der Waals surface area contributed by atoms with E-state index in [1.165, 1.54) is 0 Å². The molecule has 1 aliphatic rings. The zero-order valence-corrected chi connectivity index (χ0v) is 14.2. The minimum absolute atomic E-state index is 0.0263. The van der Waals surface area contributed by atoms with Gasteiger partial charge in [0.25, 0.3) is 10.1 Å². The Balaban J connectivity index is 2.56. The van der Waals surface area contributed by atoms with Crippen molar-refractivity contribution >= 4 is 32.6 Å². The zero-order valence-electron chi connectivity index (χ0n) is 12.5. The van der Waals surface area contributed by atoms with E-state index in [4.69, 9.17) is 4.55 Å². The second-order valence-electron chi connectivity index (χ2n) is 5.53. The van der Waals surface area contributed by atoms with Gasteiger partial charge in [-0.3, -0.25) is 14.1 Å². The van der Waals surface area contributed by atoms with Gasteiger partial charge in [-0.1, -0.05) is 6.92 Å². The van der Waals surface area contributed by atoms with Crippen LogP contribution in [0.4, 0.5) is 0 Å². The van der Waals surface area contributed by atoms with E-state index in [-0.39, 0.29) is 33.5 Å². The van der Waals surface area contributed by atoms with E-state index in [9.17, 15) is 18.0 Å². The Hall–Kier alpha value is -0.400. The fraction of sp³-hybridized carbons (Fsp3) is 0.857. The van der Waals surface area contributed by atoms with Gasteiger partial charge < -0.3 is 0 Å². The first kappa shape index (κ1) is 18.6. The molecular weight excluding hydrogens is 312 g/mol. The van der Waals surface area contributed by atoms with Gasteiger partial charge in [0.2, 0.25) is 0 Å². The molecule has 5 nitrogen and oxygen atoms in total. The fourth-order valence-electron chi connectivity index (χ4n) is 2.57. The van der Waals surface area contributed by atoms with Crippen LogP contribution in [0.5, 0.6) is 0 Å². The summed E-state index contributed by atoms with van der Waals surface area (Å²) >= 11 is 0. The number of rotatable bonds is 9. The van der Waals surface area contributed by atoms with Crippen molar-refractivity contribution in [1.82, 2.24) is 0 Å². The van der Waals surface area contributed by atoms with Crippen LogP contribution in [0.25, 0.3) is 0 Å². The summed E-state index contributed by atoms with van der Waals surface area (Å²) in [6.07, 6.45) is 4.04. The van der Waals surface area contributed by atoms with Gasteiger partial charge in [-0.15, -0.1) is 0 Å². The Morgan fingerprint density at radius 1 is 1.33 bits per heavy atom. The summed E-state index contributed by atoms with van der Waals surface area (Å²) in [5.41, 5.74) is 0. The third kappa shape index (κ3) is 7.97. The summed E-state index contributed by atoms with van der Waals surface area (Å²) < 4.78 is 30.4. The van der Waals surface area contributed by atoms with Gasteiger partial charge in [0.15, 0.2) is 0 Å². The largest absolute Gasteiger partial charge is 0.300 e. The number of Topliss-reactive ketones (excluding diaryl/α,β-unsaturated/α-hetero) is 2. The molecule has 0 aliphatic carbocycles. The SMILES string of the molecule is CCCC(=O)CC(CCCS(=O)(=O)O)[S+]1CCC(=O)CC1. The van der Waals surface area contributed by atoms with Crippen LogP contribution < -0.4 is 0 Å². The van der Waals surface area contributed by atoms with Gasteiger partial charge in [-0.2, -0.15) is 8.42 Å². The van der Waals surface area contributed by atoms with Crippen LogP contribution >= 0.6 is 0 Å². The van der Waals surface area contributed by atoms with E-state index in [2.05, 4.69) is 0 Å². The highest BCUT2D eigenvalue weighted by Gasteiger charge is 2.35. The monoisotopic (exact) mass is 337 g/mol. The van der Waals surface area contributed by atoms with Crippen molar-refractivity contribution in [3.8, 4) is 0 Å². The summed E-state index contributed by atoms with van der Waals surface area (Å²) in [4.78, 5) is 23.2. The molecule has 0 aromatic heterocycles. The van der Waals surface area contributed by atoms with Crippen LogP contribution in [0.2, 0.25) is 0 Å². The molecule has 1 heterocycles. The zero-order chi connectivity index (χ0) is 15.9. The molecule has 1 unspecified atom stereocenters. The predicted molar refractivity (Wildman–Crippen MR) is 85.3 cm³/mol. The highest BCUT2D eigenvalue weighted by molar-refractivity contribution is 7.97. The highest BCUT2D eigenvalue weighted by atomic mass is 32.2. The maximum absolute atomic E-state index is 11.9. The Bertz CT molecular complexity index is 448. The summed E-state index contributed by atoms with van der Waals surface area (Å²) in [5.74, 6) is 1.92. The number of carbonyl (C=O) groups is 2. The lowest BCUT2D eigenvalue weighted by atomic mass is 10.1. The topological polar surface area (TPSA) is 88.5 Å². The molecule has 1 rings (SSSR count). The van der Waals surface area contributed by atoms with Crippen molar-refractivity contribution in [3.05, 3.63) is 0 Å². The molecule has 0 aromatic rings. The second kappa shape index (κ2) is 8.90. The molecule has 1 N–H and O–H groups in total. The lowest BCUT2D eigenvalue weighted by molar-refractivity contribution is -0.119. The molecule has 0 saturated carbocycles. The number of carbonyl (C=O) groups excluding carboxylic acids is 2. The molecule has 0 spiro atoms. The summed E-state index contributed by atoms with van der Waals surface area (Å²) in [6.45, 7) is 1.97. The average molecular weight is 337 g/mol. The Morgan fingerprint density at radius 3 is 2.48 bits per heavy atom. The third-order valence-corrected chi connectivity index (χ3v) is 7.28. The molecule has 1 aliphatic heterocycles. The van der Waals surface area contributed by atoms with E-state index < -0.39 is 10.1 Å². The highest BCUT2D eigenvalue weighted by Crippen LogP contribution is 2.23. The van der Waals surface area contributed by atoms with Crippen molar-refractivity contribution in [2.24, 2.45) is 0 Å². The molecule has 0 radical (unpaired) electrons. The van der Waals surface area contributed by atoms with Gasteiger partial charge in [0, 0.05) is 6.42 Å². The van der Waals surface area contributed by atoms with E-state index in [1.807, 2.05) is 6.92 Å². The molecule has 7 heteroatoms. The first-order chi connectivity index (χ1) is 9.81. The Labute approximate surface area is 130 Å². The van der Waals surface area contributed by atoms with E-state index in [0.717, 1.165) is 17.9 Å². The van der Waals surface area contributed by atoms with E-state index in [0.29, 0.717) is 38.5 Å². The minimum atomic E-state index is -3.93. The van der Waals surface area contributed by atoms with Crippen LogP contribution in [-0.4, -0.2) is 47.0 Å². The lowest BCUT2D eigenvalue weighted by Crippen LogP contribution is -2.35. The maximum atomic E-state index is 11.9. The van der Waals surface area contributed by atoms with Crippen LogP contribution in [0.3, 0.4) is 0 Å². The minimum Gasteiger partial charge on any atom is -0.300 e.